The van der Waals surface area contributed by atoms with Gasteiger partial charge in [0.25, 0.3) is 5.91 Å². The van der Waals surface area contributed by atoms with Crippen molar-refractivity contribution in [2.75, 3.05) is 19.5 Å². The predicted octanol–water partition coefficient (Wildman–Crippen LogP) is 3.48. The van der Waals surface area contributed by atoms with Crippen LogP contribution in [0.25, 0.3) is 0 Å². The van der Waals surface area contributed by atoms with Crippen molar-refractivity contribution in [2.24, 2.45) is 0 Å². The molecule has 2 nitrogen and oxygen atoms in total. The van der Waals surface area contributed by atoms with Crippen LogP contribution in [0.3, 0.4) is 0 Å². The molecule has 0 fully saturated rings. The number of aryl methyl sites for hydroxylation is 1. The summed E-state index contributed by atoms with van der Waals surface area (Å²) in [5.41, 5.74) is 1.83. The molecule has 0 radical (unpaired) electrons. The fourth-order valence-corrected chi connectivity index (χ4v) is 1.93. The topological polar surface area (TPSA) is 20.3 Å². The Kier molecular flexibility index (Phi) is 6.06. The molecule has 0 saturated heterocycles. The maximum atomic E-state index is 12.1. The highest BCUT2D eigenvalue weighted by molar-refractivity contribution is 6.17. The van der Waals surface area contributed by atoms with Crippen LogP contribution in [0.15, 0.2) is 24.3 Å². The molecule has 0 heterocycles. The van der Waals surface area contributed by atoms with Crippen molar-refractivity contribution < 1.29 is 4.79 Å². The average molecular weight is 254 g/mol. The highest BCUT2D eigenvalue weighted by atomic mass is 35.5. The number of rotatable bonds is 6. The van der Waals surface area contributed by atoms with Crippen molar-refractivity contribution in [3.05, 3.63) is 35.4 Å². The minimum absolute atomic E-state index is 0.106. The van der Waals surface area contributed by atoms with E-state index in [4.69, 9.17) is 11.6 Å². The molecule has 1 aromatic rings. The van der Waals surface area contributed by atoms with Crippen LogP contribution in [0.1, 0.15) is 35.2 Å². The predicted molar refractivity (Wildman–Crippen MR) is 72.7 cm³/mol. The van der Waals surface area contributed by atoms with Crippen LogP contribution in [0, 0.1) is 6.92 Å². The summed E-state index contributed by atoms with van der Waals surface area (Å²) in [5, 5.41) is 0. The Balaban J connectivity index is 2.49. The molecular formula is C14H20ClNO. The van der Waals surface area contributed by atoms with Crippen LogP contribution in [0.2, 0.25) is 0 Å². The number of hydrogen-bond acceptors (Lipinski definition) is 1. The number of alkyl halides is 1. The fourth-order valence-electron chi connectivity index (χ4n) is 1.74. The Hall–Kier alpha value is -1.02. The second kappa shape index (κ2) is 7.33. The van der Waals surface area contributed by atoms with Gasteiger partial charge in [-0.2, -0.15) is 0 Å². The molecule has 17 heavy (non-hydrogen) atoms. The molecule has 94 valence electrons. The molecule has 0 bridgehead atoms. The Labute approximate surface area is 109 Å². The molecule has 1 aromatic carbocycles. The van der Waals surface area contributed by atoms with E-state index in [0.717, 1.165) is 36.9 Å². The van der Waals surface area contributed by atoms with Gasteiger partial charge in [0.05, 0.1) is 0 Å². The third-order valence-electron chi connectivity index (χ3n) is 2.85. The Bertz CT molecular complexity index is 365. The summed E-state index contributed by atoms with van der Waals surface area (Å²) in [6.07, 6.45) is 3.11. The Morgan fingerprint density at radius 2 is 1.94 bits per heavy atom. The normalized spacial score (nSPS) is 10.3. The molecule has 0 N–H and O–H groups in total. The lowest BCUT2D eigenvalue weighted by atomic mass is 10.1. The lowest BCUT2D eigenvalue weighted by Crippen LogP contribution is -2.28. The summed E-state index contributed by atoms with van der Waals surface area (Å²) in [4.78, 5) is 13.9. The first-order valence-electron chi connectivity index (χ1n) is 6.04. The van der Waals surface area contributed by atoms with Crippen LogP contribution in [0.4, 0.5) is 0 Å². The van der Waals surface area contributed by atoms with Gasteiger partial charge < -0.3 is 4.90 Å². The number of unbranched alkanes of at least 4 members (excludes halogenated alkanes) is 2. The molecule has 0 unspecified atom stereocenters. The van der Waals surface area contributed by atoms with Crippen LogP contribution < -0.4 is 0 Å². The Morgan fingerprint density at radius 3 is 2.59 bits per heavy atom. The van der Waals surface area contributed by atoms with Gasteiger partial charge in [-0.3, -0.25) is 4.79 Å². The van der Waals surface area contributed by atoms with E-state index in [0.29, 0.717) is 5.88 Å². The highest BCUT2D eigenvalue weighted by Gasteiger charge is 2.12. The third-order valence-corrected chi connectivity index (χ3v) is 3.12. The largest absolute Gasteiger partial charge is 0.342 e. The van der Waals surface area contributed by atoms with Gasteiger partial charge in [0.1, 0.15) is 0 Å². The van der Waals surface area contributed by atoms with Gasteiger partial charge in [0, 0.05) is 25.0 Å². The molecule has 0 aliphatic heterocycles. The molecular weight excluding hydrogens is 234 g/mol. The molecule has 0 spiro atoms. The van der Waals surface area contributed by atoms with Gasteiger partial charge in [-0.05, 0) is 31.4 Å². The lowest BCUT2D eigenvalue weighted by molar-refractivity contribution is 0.0792. The number of nitrogens with zero attached hydrogens (tertiary/aromatic N) is 1. The van der Waals surface area contributed by atoms with Crippen molar-refractivity contribution in [2.45, 2.75) is 26.2 Å². The standard InChI is InChI=1S/C14H20ClNO/c1-12-8-4-5-9-13(12)14(17)16(2)11-7-3-6-10-15/h4-5,8-9H,3,6-7,10-11H2,1-2H3. The van der Waals surface area contributed by atoms with Gasteiger partial charge in [-0.15, -0.1) is 11.6 Å². The summed E-state index contributed by atoms with van der Waals surface area (Å²) in [7, 11) is 1.86. The molecule has 0 aromatic heterocycles. The van der Waals surface area contributed by atoms with Gasteiger partial charge in [-0.1, -0.05) is 24.6 Å². The second-order valence-electron chi connectivity index (χ2n) is 4.29. The summed E-state index contributed by atoms with van der Waals surface area (Å²) in [6.45, 7) is 2.76. The first-order valence-corrected chi connectivity index (χ1v) is 6.57. The van der Waals surface area contributed by atoms with E-state index < -0.39 is 0 Å². The quantitative estimate of drug-likeness (QED) is 0.562. The van der Waals surface area contributed by atoms with E-state index in [9.17, 15) is 4.79 Å². The molecule has 0 atom stereocenters. The number of halogens is 1. The van der Waals surface area contributed by atoms with E-state index in [-0.39, 0.29) is 5.91 Å². The average Bonchev–Trinajstić information content (AvgIpc) is 2.34. The van der Waals surface area contributed by atoms with Crippen molar-refractivity contribution in [1.29, 1.82) is 0 Å². The third kappa shape index (κ3) is 4.39. The maximum absolute atomic E-state index is 12.1. The number of amides is 1. The molecule has 1 rings (SSSR count). The zero-order valence-electron chi connectivity index (χ0n) is 10.6. The van der Waals surface area contributed by atoms with E-state index in [1.807, 2.05) is 38.2 Å². The fraction of sp³-hybridized carbons (Fsp3) is 0.500. The van der Waals surface area contributed by atoms with Crippen LogP contribution in [0.5, 0.6) is 0 Å². The summed E-state index contributed by atoms with van der Waals surface area (Å²) < 4.78 is 0. The number of hydrogen-bond donors (Lipinski definition) is 0. The van der Waals surface area contributed by atoms with Gasteiger partial charge in [0.15, 0.2) is 0 Å². The van der Waals surface area contributed by atoms with Crippen LogP contribution in [-0.2, 0) is 0 Å². The zero-order chi connectivity index (χ0) is 12.7. The van der Waals surface area contributed by atoms with Gasteiger partial charge >= 0.3 is 0 Å². The zero-order valence-corrected chi connectivity index (χ0v) is 11.3. The van der Waals surface area contributed by atoms with Crippen molar-refractivity contribution >= 4 is 17.5 Å². The van der Waals surface area contributed by atoms with Gasteiger partial charge in [-0.25, -0.2) is 0 Å². The lowest BCUT2D eigenvalue weighted by Gasteiger charge is -2.18. The summed E-state index contributed by atoms with van der Waals surface area (Å²) in [6, 6.07) is 7.70. The van der Waals surface area contributed by atoms with Crippen molar-refractivity contribution in [1.82, 2.24) is 4.90 Å². The number of carbonyl (C=O) groups excluding carboxylic acids is 1. The van der Waals surface area contributed by atoms with E-state index >= 15 is 0 Å². The first kappa shape index (κ1) is 14.0. The maximum Gasteiger partial charge on any atom is 0.253 e. The first-order chi connectivity index (χ1) is 8.16. The molecule has 0 saturated carbocycles. The summed E-state index contributed by atoms with van der Waals surface area (Å²) in [5.74, 6) is 0.809. The van der Waals surface area contributed by atoms with Crippen molar-refractivity contribution in [3.63, 3.8) is 0 Å². The van der Waals surface area contributed by atoms with E-state index in [1.165, 1.54) is 0 Å². The van der Waals surface area contributed by atoms with Crippen LogP contribution >= 0.6 is 11.6 Å². The molecule has 0 aliphatic carbocycles. The SMILES string of the molecule is Cc1ccccc1C(=O)N(C)CCCCCCl. The molecule has 1 amide bonds. The highest BCUT2D eigenvalue weighted by Crippen LogP contribution is 2.10. The number of carbonyl (C=O) groups is 1. The second-order valence-corrected chi connectivity index (χ2v) is 4.67. The minimum Gasteiger partial charge on any atom is -0.342 e. The van der Waals surface area contributed by atoms with E-state index in [2.05, 4.69) is 0 Å². The smallest absolute Gasteiger partial charge is 0.253 e. The van der Waals surface area contributed by atoms with E-state index in [1.54, 1.807) is 4.90 Å². The minimum atomic E-state index is 0.106. The Morgan fingerprint density at radius 1 is 1.24 bits per heavy atom. The monoisotopic (exact) mass is 253 g/mol. The van der Waals surface area contributed by atoms with Crippen LogP contribution in [-0.4, -0.2) is 30.3 Å². The molecule has 0 aliphatic rings. The molecule has 3 heteroatoms. The number of benzene rings is 1. The summed E-state index contributed by atoms with van der Waals surface area (Å²) >= 11 is 5.62. The van der Waals surface area contributed by atoms with Gasteiger partial charge in [0.2, 0.25) is 0 Å². The van der Waals surface area contributed by atoms with Crippen molar-refractivity contribution in [3.8, 4) is 0 Å².